The number of aromatic nitrogens is 2. The van der Waals surface area contributed by atoms with Crippen LogP contribution < -0.4 is 0 Å². The van der Waals surface area contributed by atoms with Gasteiger partial charge in [0.2, 0.25) is 5.91 Å². The summed E-state index contributed by atoms with van der Waals surface area (Å²) in [5.74, 6) is -1.22. The molecule has 1 aromatic heterocycles. The highest BCUT2D eigenvalue weighted by Crippen LogP contribution is 2.21. The third kappa shape index (κ3) is 3.80. The number of nitrogens with zero attached hydrogens (tertiary/aromatic N) is 3. The summed E-state index contributed by atoms with van der Waals surface area (Å²) in [4.78, 5) is 14.4. The molecule has 2 aromatic rings. The SMILES string of the molecule is O=C(CCc1c(F)cccc1F)N1CCCC[C@@H]1Cn1cccn1. The van der Waals surface area contributed by atoms with Gasteiger partial charge >= 0.3 is 0 Å². The first-order valence-corrected chi connectivity index (χ1v) is 8.35. The zero-order valence-corrected chi connectivity index (χ0v) is 13.5. The van der Waals surface area contributed by atoms with E-state index in [0.717, 1.165) is 19.3 Å². The number of rotatable bonds is 5. The van der Waals surface area contributed by atoms with Crippen LogP contribution in [0.3, 0.4) is 0 Å². The number of carbonyl (C=O) groups is 1. The first-order chi connectivity index (χ1) is 11.6. The molecule has 0 saturated carbocycles. The lowest BCUT2D eigenvalue weighted by Crippen LogP contribution is -2.46. The normalized spacial score (nSPS) is 17.9. The van der Waals surface area contributed by atoms with Crippen molar-refractivity contribution in [2.45, 2.75) is 44.7 Å². The maximum Gasteiger partial charge on any atom is 0.223 e. The molecule has 1 fully saturated rings. The lowest BCUT2D eigenvalue weighted by atomic mass is 10.0. The third-order valence-corrected chi connectivity index (χ3v) is 4.56. The lowest BCUT2D eigenvalue weighted by molar-refractivity contribution is -0.135. The van der Waals surface area contributed by atoms with Gasteiger partial charge in [-0.25, -0.2) is 8.78 Å². The average molecular weight is 333 g/mol. The summed E-state index contributed by atoms with van der Waals surface area (Å²) in [5.41, 5.74) is -0.00788. The molecular formula is C18H21F2N3O. The summed E-state index contributed by atoms with van der Waals surface area (Å²) in [6.07, 6.45) is 6.78. The van der Waals surface area contributed by atoms with Gasteiger partial charge in [0.15, 0.2) is 0 Å². The molecule has 0 aliphatic carbocycles. The van der Waals surface area contributed by atoms with Gasteiger partial charge in [-0.1, -0.05) is 6.07 Å². The van der Waals surface area contributed by atoms with Crippen molar-refractivity contribution in [3.63, 3.8) is 0 Å². The van der Waals surface area contributed by atoms with Crippen molar-refractivity contribution in [3.8, 4) is 0 Å². The Hall–Kier alpha value is -2.24. The fourth-order valence-corrected chi connectivity index (χ4v) is 3.29. The van der Waals surface area contributed by atoms with Gasteiger partial charge in [-0.15, -0.1) is 0 Å². The van der Waals surface area contributed by atoms with Crippen LogP contribution in [0.1, 0.15) is 31.2 Å². The highest BCUT2D eigenvalue weighted by Gasteiger charge is 2.27. The van der Waals surface area contributed by atoms with E-state index in [0.29, 0.717) is 13.1 Å². The smallest absolute Gasteiger partial charge is 0.223 e. The van der Waals surface area contributed by atoms with Crippen LogP contribution in [0.4, 0.5) is 8.78 Å². The van der Waals surface area contributed by atoms with E-state index in [9.17, 15) is 13.6 Å². The molecule has 0 bridgehead atoms. The summed E-state index contributed by atoms with van der Waals surface area (Å²) in [6.45, 7) is 1.36. The van der Waals surface area contributed by atoms with Crippen molar-refractivity contribution >= 4 is 5.91 Å². The molecule has 0 N–H and O–H groups in total. The Balaban J connectivity index is 1.63. The Morgan fingerprint density at radius 3 is 2.71 bits per heavy atom. The van der Waals surface area contributed by atoms with E-state index in [2.05, 4.69) is 5.10 Å². The highest BCUT2D eigenvalue weighted by molar-refractivity contribution is 5.77. The van der Waals surface area contributed by atoms with Crippen LogP contribution in [0.15, 0.2) is 36.7 Å². The van der Waals surface area contributed by atoms with E-state index in [4.69, 9.17) is 0 Å². The molecule has 2 heterocycles. The monoisotopic (exact) mass is 333 g/mol. The van der Waals surface area contributed by atoms with Crippen LogP contribution in [0, 0.1) is 11.6 Å². The van der Waals surface area contributed by atoms with Gasteiger partial charge in [0.25, 0.3) is 0 Å². The molecule has 1 aromatic carbocycles. The molecule has 1 saturated heterocycles. The number of halogens is 2. The van der Waals surface area contributed by atoms with Crippen molar-refractivity contribution in [3.05, 3.63) is 53.9 Å². The molecular weight excluding hydrogens is 312 g/mol. The molecule has 1 aliphatic heterocycles. The van der Waals surface area contributed by atoms with E-state index in [1.54, 1.807) is 6.20 Å². The van der Waals surface area contributed by atoms with Crippen LogP contribution in [-0.4, -0.2) is 33.2 Å². The van der Waals surface area contributed by atoms with Gasteiger partial charge in [-0.05, 0) is 43.9 Å². The van der Waals surface area contributed by atoms with Gasteiger partial charge in [0, 0.05) is 30.9 Å². The van der Waals surface area contributed by atoms with Crippen molar-refractivity contribution in [2.24, 2.45) is 0 Å². The number of carbonyl (C=O) groups excluding carboxylic acids is 1. The van der Waals surface area contributed by atoms with Crippen molar-refractivity contribution < 1.29 is 13.6 Å². The summed E-state index contributed by atoms with van der Waals surface area (Å²) in [6, 6.07) is 5.74. The number of piperidine rings is 1. The van der Waals surface area contributed by atoms with E-state index in [-0.39, 0.29) is 30.4 Å². The van der Waals surface area contributed by atoms with Gasteiger partial charge in [0.1, 0.15) is 11.6 Å². The van der Waals surface area contributed by atoms with Crippen molar-refractivity contribution in [1.29, 1.82) is 0 Å². The second kappa shape index (κ2) is 7.55. The van der Waals surface area contributed by atoms with Crippen LogP contribution in [0.5, 0.6) is 0 Å². The minimum Gasteiger partial charge on any atom is -0.338 e. The fourth-order valence-electron chi connectivity index (χ4n) is 3.29. The van der Waals surface area contributed by atoms with Gasteiger partial charge in [-0.2, -0.15) is 5.10 Å². The quantitative estimate of drug-likeness (QED) is 0.843. The molecule has 1 amide bonds. The van der Waals surface area contributed by atoms with E-state index in [1.807, 2.05) is 21.8 Å². The van der Waals surface area contributed by atoms with E-state index in [1.165, 1.54) is 18.2 Å². The molecule has 1 aliphatic rings. The standard InChI is InChI=1S/C18H21F2N3O/c19-16-6-3-7-17(20)15(16)8-9-18(24)23-12-2-1-5-14(23)13-22-11-4-10-21-22/h3-4,6-7,10-11,14H,1-2,5,8-9,12-13H2/t14-/m1/s1. The highest BCUT2D eigenvalue weighted by atomic mass is 19.1. The first-order valence-electron chi connectivity index (χ1n) is 8.35. The van der Waals surface area contributed by atoms with Gasteiger partial charge < -0.3 is 4.90 Å². The Bertz CT molecular complexity index is 667. The van der Waals surface area contributed by atoms with Crippen LogP contribution in [0.2, 0.25) is 0 Å². The molecule has 0 spiro atoms. The molecule has 0 radical (unpaired) electrons. The molecule has 128 valence electrons. The van der Waals surface area contributed by atoms with E-state index >= 15 is 0 Å². The third-order valence-electron chi connectivity index (χ3n) is 4.56. The fraction of sp³-hybridized carbons (Fsp3) is 0.444. The maximum absolute atomic E-state index is 13.7. The Labute approximate surface area is 140 Å². The van der Waals surface area contributed by atoms with E-state index < -0.39 is 11.6 Å². The number of likely N-dealkylation sites (tertiary alicyclic amines) is 1. The van der Waals surface area contributed by atoms with Crippen molar-refractivity contribution in [1.82, 2.24) is 14.7 Å². The summed E-state index contributed by atoms with van der Waals surface area (Å²) in [7, 11) is 0. The molecule has 6 heteroatoms. The van der Waals surface area contributed by atoms with Crippen molar-refractivity contribution in [2.75, 3.05) is 6.54 Å². The van der Waals surface area contributed by atoms with Gasteiger partial charge in [0.05, 0.1) is 12.6 Å². The Kier molecular flexibility index (Phi) is 5.23. The maximum atomic E-state index is 13.7. The predicted octanol–water partition coefficient (Wildman–Crippen LogP) is 3.18. The summed E-state index contributed by atoms with van der Waals surface area (Å²) >= 11 is 0. The first kappa shape index (κ1) is 16.6. The zero-order valence-electron chi connectivity index (χ0n) is 13.5. The summed E-state index contributed by atoms with van der Waals surface area (Å²) < 4.78 is 29.2. The minimum absolute atomic E-state index is 0.00788. The number of benzene rings is 1. The topological polar surface area (TPSA) is 38.1 Å². The molecule has 0 unspecified atom stereocenters. The zero-order chi connectivity index (χ0) is 16.9. The Morgan fingerprint density at radius 1 is 1.21 bits per heavy atom. The molecule has 1 atom stereocenters. The summed E-state index contributed by atoms with van der Waals surface area (Å²) in [5, 5.41) is 4.20. The second-order valence-corrected chi connectivity index (χ2v) is 6.17. The van der Waals surface area contributed by atoms with Crippen LogP contribution >= 0.6 is 0 Å². The largest absolute Gasteiger partial charge is 0.338 e. The number of hydrogen-bond donors (Lipinski definition) is 0. The second-order valence-electron chi connectivity index (χ2n) is 6.17. The minimum atomic E-state index is -0.588. The average Bonchev–Trinajstić information content (AvgIpc) is 3.08. The van der Waals surface area contributed by atoms with Gasteiger partial charge in [-0.3, -0.25) is 9.48 Å². The molecule has 4 nitrogen and oxygen atoms in total. The molecule has 24 heavy (non-hydrogen) atoms. The number of hydrogen-bond acceptors (Lipinski definition) is 2. The Morgan fingerprint density at radius 2 is 2.00 bits per heavy atom. The van der Waals surface area contributed by atoms with Crippen LogP contribution in [-0.2, 0) is 17.8 Å². The predicted molar refractivity (Wildman–Crippen MR) is 86.3 cm³/mol. The molecule has 3 rings (SSSR count). The lowest BCUT2D eigenvalue weighted by Gasteiger charge is -2.36. The van der Waals surface area contributed by atoms with Crippen LogP contribution in [0.25, 0.3) is 0 Å². The number of amides is 1.